The fraction of sp³-hybridized carbons (Fsp3) is 0.412. The van der Waals surface area contributed by atoms with Crippen LogP contribution in [0.25, 0.3) is 11.0 Å². The van der Waals surface area contributed by atoms with E-state index in [1.54, 1.807) is 6.92 Å². The maximum Gasteiger partial charge on any atom is 0.375 e. The number of ether oxygens (including phenoxy) is 1. The minimum atomic E-state index is -0.728. The molecule has 0 saturated heterocycles. The van der Waals surface area contributed by atoms with Crippen molar-refractivity contribution in [3.63, 3.8) is 0 Å². The minimum absolute atomic E-state index is 0.00589. The third kappa shape index (κ3) is 3.36. The smallest absolute Gasteiger partial charge is 0.375 e. The number of esters is 1. The first kappa shape index (κ1) is 15.5. The first-order valence-corrected chi connectivity index (χ1v) is 7.61. The first-order valence-electron chi connectivity index (χ1n) is 7.61. The van der Waals surface area contributed by atoms with Crippen molar-refractivity contribution >= 4 is 22.8 Å². The fourth-order valence-corrected chi connectivity index (χ4v) is 2.59. The molecule has 1 aliphatic carbocycles. The molecule has 1 heterocycles. The molecule has 0 radical (unpaired) electrons. The summed E-state index contributed by atoms with van der Waals surface area (Å²) in [5, 5.41) is 3.32. The molecule has 1 N–H and O–H groups in total. The zero-order valence-electron chi connectivity index (χ0n) is 13.0. The summed E-state index contributed by atoms with van der Waals surface area (Å²) in [7, 11) is 0. The molecule has 3 rings (SSSR count). The molecule has 1 amide bonds. The van der Waals surface area contributed by atoms with E-state index in [1.807, 2.05) is 6.92 Å². The number of nitrogens with one attached hydrogen (secondary N) is 1. The predicted molar refractivity (Wildman–Crippen MR) is 81.5 cm³/mol. The van der Waals surface area contributed by atoms with Gasteiger partial charge < -0.3 is 14.5 Å². The Bertz CT molecular complexity index is 763. The van der Waals surface area contributed by atoms with Gasteiger partial charge in [0.05, 0.1) is 0 Å². The van der Waals surface area contributed by atoms with Crippen LogP contribution in [0.4, 0.5) is 4.39 Å². The summed E-state index contributed by atoms with van der Waals surface area (Å²) in [5.41, 5.74) is 0.902. The second kappa shape index (κ2) is 6.02. The van der Waals surface area contributed by atoms with E-state index in [4.69, 9.17) is 9.15 Å². The van der Waals surface area contributed by atoms with Crippen molar-refractivity contribution in [1.82, 2.24) is 5.32 Å². The standard InChI is InChI=1S/C17H18FNO4/c1-9-13-7-12(18)5-6-14(13)23-16(9)17(21)22-8-15(20)19-10(2)11-3-4-11/h5-7,10-11H,3-4,8H2,1-2H3,(H,19,20)/t10-/m1/s1. The van der Waals surface area contributed by atoms with E-state index in [9.17, 15) is 14.0 Å². The van der Waals surface area contributed by atoms with Crippen molar-refractivity contribution in [2.75, 3.05) is 6.61 Å². The van der Waals surface area contributed by atoms with E-state index < -0.39 is 11.8 Å². The number of aryl methyl sites for hydroxylation is 1. The number of amides is 1. The second-order valence-corrected chi connectivity index (χ2v) is 5.97. The summed E-state index contributed by atoms with van der Waals surface area (Å²) >= 11 is 0. The topological polar surface area (TPSA) is 68.5 Å². The monoisotopic (exact) mass is 319 g/mol. The van der Waals surface area contributed by atoms with Gasteiger partial charge in [-0.3, -0.25) is 4.79 Å². The van der Waals surface area contributed by atoms with Crippen LogP contribution < -0.4 is 5.32 Å². The number of hydrogen-bond acceptors (Lipinski definition) is 4. The Morgan fingerprint density at radius 1 is 1.43 bits per heavy atom. The molecule has 1 aliphatic rings. The molecule has 122 valence electrons. The Labute approximate surface area is 132 Å². The van der Waals surface area contributed by atoms with Crippen molar-refractivity contribution in [2.45, 2.75) is 32.7 Å². The zero-order chi connectivity index (χ0) is 16.6. The lowest BCUT2D eigenvalue weighted by molar-refractivity contribution is -0.125. The third-order valence-corrected chi connectivity index (χ3v) is 4.14. The maximum absolute atomic E-state index is 13.3. The summed E-state index contributed by atoms with van der Waals surface area (Å²) < 4.78 is 23.7. The third-order valence-electron chi connectivity index (χ3n) is 4.14. The van der Waals surface area contributed by atoms with Gasteiger partial charge in [-0.15, -0.1) is 0 Å². The highest BCUT2D eigenvalue weighted by molar-refractivity contribution is 5.96. The van der Waals surface area contributed by atoms with Crippen LogP contribution in [-0.4, -0.2) is 24.5 Å². The molecule has 5 nitrogen and oxygen atoms in total. The normalized spacial score (nSPS) is 15.4. The summed E-state index contributed by atoms with van der Waals surface area (Å²) in [5.74, 6) is -0.948. The molecule has 0 spiro atoms. The number of benzene rings is 1. The Kier molecular flexibility index (Phi) is 4.07. The van der Waals surface area contributed by atoms with Crippen LogP contribution in [-0.2, 0) is 9.53 Å². The van der Waals surface area contributed by atoms with Gasteiger partial charge in [0.15, 0.2) is 6.61 Å². The van der Waals surface area contributed by atoms with E-state index in [0.29, 0.717) is 22.5 Å². The van der Waals surface area contributed by atoms with Crippen molar-refractivity contribution < 1.29 is 23.1 Å². The summed E-state index contributed by atoms with van der Waals surface area (Å²) in [6.07, 6.45) is 2.24. The molecule has 6 heteroatoms. The molecule has 1 atom stereocenters. The Balaban J connectivity index is 1.63. The molecule has 0 bridgehead atoms. The molecule has 23 heavy (non-hydrogen) atoms. The Hall–Kier alpha value is -2.37. The minimum Gasteiger partial charge on any atom is -0.450 e. The van der Waals surface area contributed by atoms with Crippen LogP contribution in [0.3, 0.4) is 0 Å². The number of rotatable bonds is 5. The lowest BCUT2D eigenvalue weighted by Gasteiger charge is -2.12. The SMILES string of the molecule is Cc1c(C(=O)OCC(=O)N[C@H](C)C2CC2)oc2ccc(F)cc12. The van der Waals surface area contributed by atoms with Gasteiger partial charge in [-0.25, -0.2) is 9.18 Å². The van der Waals surface area contributed by atoms with Crippen LogP contribution in [0.1, 0.15) is 35.9 Å². The van der Waals surface area contributed by atoms with Crippen molar-refractivity contribution in [3.05, 3.63) is 35.3 Å². The van der Waals surface area contributed by atoms with E-state index >= 15 is 0 Å². The summed E-state index contributed by atoms with van der Waals surface area (Å²) in [6.45, 7) is 3.23. The number of furan rings is 1. The summed E-state index contributed by atoms with van der Waals surface area (Å²) in [4.78, 5) is 23.8. The fourth-order valence-electron chi connectivity index (χ4n) is 2.59. The summed E-state index contributed by atoms with van der Waals surface area (Å²) in [6, 6.07) is 4.11. The number of hydrogen-bond donors (Lipinski definition) is 1. The second-order valence-electron chi connectivity index (χ2n) is 5.97. The molecule has 1 fully saturated rings. The van der Waals surface area contributed by atoms with Gasteiger partial charge in [-0.1, -0.05) is 0 Å². The van der Waals surface area contributed by atoms with E-state index in [2.05, 4.69) is 5.32 Å². The average molecular weight is 319 g/mol. The van der Waals surface area contributed by atoms with Gasteiger partial charge in [0, 0.05) is 17.0 Å². The molecule has 1 saturated carbocycles. The van der Waals surface area contributed by atoms with Gasteiger partial charge >= 0.3 is 5.97 Å². The number of fused-ring (bicyclic) bond motifs is 1. The van der Waals surface area contributed by atoms with Gasteiger partial charge in [0.2, 0.25) is 5.76 Å². The predicted octanol–water partition coefficient (Wildman–Crippen LogP) is 2.95. The zero-order valence-corrected chi connectivity index (χ0v) is 13.0. The van der Waals surface area contributed by atoms with Crippen molar-refractivity contribution in [2.24, 2.45) is 5.92 Å². The molecular formula is C17H18FNO4. The highest BCUT2D eigenvalue weighted by Crippen LogP contribution is 2.32. The van der Waals surface area contributed by atoms with Crippen molar-refractivity contribution in [1.29, 1.82) is 0 Å². The largest absolute Gasteiger partial charge is 0.450 e. The van der Waals surface area contributed by atoms with Crippen LogP contribution in [0.5, 0.6) is 0 Å². The molecule has 0 unspecified atom stereocenters. The Morgan fingerprint density at radius 2 is 2.17 bits per heavy atom. The van der Waals surface area contributed by atoms with Crippen LogP contribution in [0.2, 0.25) is 0 Å². The maximum atomic E-state index is 13.3. The van der Waals surface area contributed by atoms with E-state index in [0.717, 1.165) is 12.8 Å². The number of carbonyl (C=O) groups is 2. The first-order chi connectivity index (χ1) is 11.0. The van der Waals surface area contributed by atoms with Crippen molar-refractivity contribution in [3.8, 4) is 0 Å². The van der Waals surface area contributed by atoms with Gasteiger partial charge in [-0.05, 0) is 50.8 Å². The molecule has 1 aromatic carbocycles. The van der Waals surface area contributed by atoms with Gasteiger partial charge in [-0.2, -0.15) is 0 Å². The highest BCUT2D eigenvalue weighted by Gasteiger charge is 2.29. The lowest BCUT2D eigenvalue weighted by Crippen LogP contribution is -2.37. The van der Waals surface area contributed by atoms with E-state index in [1.165, 1.54) is 18.2 Å². The number of halogens is 1. The Morgan fingerprint density at radius 3 is 2.87 bits per heavy atom. The molecule has 1 aromatic heterocycles. The van der Waals surface area contributed by atoms with Gasteiger partial charge in [0.1, 0.15) is 11.4 Å². The van der Waals surface area contributed by atoms with E-state index in [-0.39, 0.29) is 24.3 Å². The highest BCUT2D eigenvalue weighted by atomic mass is 19.1. The average Bonchev–Trinajstić information content (AvgIpc) is 3.31. The van der Waals surface area contributed by atoms with Crippen LogP contribution >= 0.6 is 0 Å². The molecular weight excluding hydrogens is 301 g/mol. The molecule has 0 aliphatic heterocycles. The van der Waals surface area contributed by atoms with Crippen LogP contribution in [0.15, 0.2) is 22.6 Å². The van der Waals surface area contributed by atoms with Crippen LogP contribution in [0, 0.1) is 18.7 Å². The molecule has 2 aromatic rings. The number of carbonyl (C=O) groups excluding carboxylic acids is 2. The quantitative estimate of drug-likeness (QED) is 0.860. The lowest BCUT2D eigenvalue weighted by atomic mass is 10.1. The van der Waals surface area contributed by atoms with Gasteiger partial charge in [0.25, 0.3) is 5.91 Å².